The van der Waals surface area contributed by atoms with Gasteiger partial charge in [0.15, 0.2) is 5.78 Å². The maximum Gasteiger partial charge on any atom is 0.318 e. The molecule has 104 valence electrons. The molecule has 0 aromatic heterocycles. The standard InChI is InChI=1S/C14H25NO3/c1-10(2)11-6-7-15(8-11)9-12(16)14(3,4)13(17)18-5/h10-11H,6-9H2,1-5H3. The lowest BCUT2D eigenvalue weighted by atomic mass is 9.88. The number of ether oxygens (including phenoxy) is 1. The van der Waals surface area contributed by atoms with E-state index in [1.165, 1.54) is 7.11 Å². The fraction of sp³-hybridized carbons (Fsp3) is 0.857. The molecular weight excluding hydrogens is 230 g/mol. The molecule has 1 atom stereocenters. The van der Waals surface area contributed by atoms with Crippen LogP contribution in [0.15, 0.2) is 0 Å². The predicted octanol–water partition coefficient (Wildman–Crippen LogP) is 1.73. The third-order valence-corrected chi connectivity index (χ3v) is 4.01. The first-order valence-electron chi connectivity index (χ1n) is 6.63. The number of ketones is 1. The number of rotatable bonds is 5. The Bertz CT molecular complexity index is 323. The Kier molecular flexibility index (Phi) is 4.91. The topological polar surface area (TPSA) is 46.6 Å². The first kappa shape index (κ1) is 15.2. The second kappa shape index (κ2) is 5.83. The maximum atomic E-state index is 12.2. The van der Waals surface area contributed by atoms with E-state index in [2.05, 4.69) is 23.5 Å². The number of nitrogens with zero attached hydrogens (tertiary/aromatic N) is 1. The molecule has 1 aliphatic rings. The number of Topliss-reactive ketones (excluding diaryl/α,β-unsaturated/α-hetero) is 1. The molecular formula is C14H25NO3. The minimum atomic E-state index is -1.04. The fourth-order valence-electron chi connectivity index (χ4n) is 2.32. The van der Waals surface area contributed by atoms with Crippen LogP contribution in [0.5, 0.6) is 0 Å². The van der Waals surface area contributed by atoms with Gasteiger partial charge in [0.05, 0.1) is 13.7 Å². The van der Waals surface area contributed by atoms with E-state index in [1.54, 1.807) is 13.8 Å². The molecule has 0 aromatic rings. The van der Waals surface area contributed by atoms with Crippen molar-refractivity contribution in [3.63, 3.8) is 0 Å². The monoisotopic (exact) mass is 255 g/mol. The lowest BCUT2D eigenvalue weighted by Crippen LogP contribution is -2.41. The third kappa shape index (κ3) is 3.31. The van der Waals surface area contributed by atoms with E-state index in [-0.39, 0.29) is 5.78 Å². The molecule has 1 aliphatic heterocycles. The van der Waals surface area contributed by atoms with Crippen molar-refractivity contribution in [2.24, 2.45) is 17.3 Å². The molecule has 4 heteroatoms. The van der Waals surface area contributed by atoms with Gasteiger partial charge in [-0.3, -0.25) is 14.5 Å². The largest absolute Gasteiger partial charge is 0.468 e. The summed E-state index contributed by atoms with van der Waals surface area (Å²) in [6.45, 7) is 9.97. The van der Waals surface area contributed by atoms with Gasteiger partial charge in [-0.15, -0.1) is 0 Å². The zero-order valence-electron chi connectivity index (χ0n) is 12.2. The van der Waals surface area contributed by atoms with Crippen LogP contribution in [0.1, 0.15) is 34.1 Å². The predicted molar refractivity (Wildman–Crippen MR) is 70.2 cm³/mol. The summed E-state index contributed by atoms with van der Waals surface area (Å²) in [5, 5.41) is 0. The third-order valence-electron chi connectivity index (χ3n) is 4.01. The molecule has 1 fully saturated rings. The van der Waals surface area contributed by atoms with Gasteiger partial charge >= 0.3 is 5.97 Å². The number of esters is 1. The number of methoxy groups -OCH3 is 1. The summed E-state index contributed by atoms with van der Waals surface area (Å²) in [6.07, 6.45) is 1.14. The Morgan fingerprint density at radius 3 is 2.44 bits per heavy atom. The molecule has 0 spiro atoms. The van der Waals surface area contributed by atoms with Crippen LogP contribution < -0.4 is 0 Å². The van der Waals surface area contributed by atoms with Crippen molar-refractivity contribution in [1.29, 1.82) is 0 Å². The van der Waals surface area contributed by atoms with Gasteiger partial charge in [0.1, 0.15) is 5.41 Å². The molecule has 0 saturated carbocycles. The van der Waals surface area contributed by atoms with Crippen LogP contribution in [0, 0.1) is 17.3 Å². The van der Waals surface area contributed by atoms with Crippen molar-refractivity contribution in [2.75, 3.05) is 26.7 Å². The highest BCUT2D eigenvalue weighted by molar-refractivity contribution is 6.03. The Labute approximate surface area is 110 Å². The van der Waals surface area contributed by atoms with Crippen LogP contribution in [0.4, 0.5) is 0 Å². The molecule has 0 radical (unpaired) electrons. The highest BCUT2D eigenvalue weighted by Crippen LogP contribution is 2.25. The Balaban J connectivity index is 2.54. The molecule has 1 saturated heterocycles. The molecule has 0 bridgehead atoms. The first-order valence-corrected chi connectivity index (χ1v) is 6.63. The summed E-state index contributed by atoms with van der Waals surface area (Å²) in [7, 11) is 1.32. The van der Waals surface area contributed by atoms with Gasteiger partial charge < -0.3 is 4.74 Å². The summed E-state index contributed by atoms with van der Waals surface area (Å²) >= 11 is 0. The van der Waals surface area contributed by atoms with Gasteiger partial charge in [-0.2, -0.15) is 0 Å². The average Bonchev–Trinajstić information content (AvgIpc) is 2.76. The number of hydrogen-bond donors (Lipinski definition) is 0. The second-order valence-electron chi connectivity index (χ2n) is 6.07. The van der Waals surface area contributed by atoms with Crippen LogP contribution in [0.2, 0.25) is 0 Å². The molecule has 1 unspecified atom stereocenters. The van der Waals surface area contributed by atoms with Crippen molar-refractivity contribution < 1.29 is 14.3 Å². The van der Waals surface area contributed by atoms with Crippen LogP contribution in [0.25, 0.3) is 0 Å². The van der Waals surface area contributed by atoms with Gasteiger partial charge in [-0.1, -0.05) is 13.8 Å². The van der Waals surface area contributed by atoms with E-state index in [0.717, 1.165) is 19.5 Å². The normalized spacial score (nSPS) is 21.3. The summed E-state index contributed by atoms with van der Waals surface area (Å²) in [4.78, 5) is 25.9. The molecule has 4 nitrogen and oxygen atoms in total. The molecule has 1 heterocycles. The SMILES string of the molecule is COC(=O)C(C)(C)C(=O)CN1CCC(C(C)C)C1. The van der Waals surface area contributed by atoms with Crippen molar-refractivity contribution in [3.05, 3.63) is 0 Å². The lowest BCUT2D eigenvalue weighted by Gasteiger charge is -2.24. The summed E-state index contributed by atoms with van der Waals surface area (Å²) in [5.41, 5.74) is -1.04. The van der Waals surface area contributed by atoms with Gasteiger partial charge in [-0.05, 0) is 38.6 Å². The number of hydrogen-bond acceptors (Lipinski definition) is 4. The highest BCUT2D eigenvalue weighted by atomic mass is 16.5. The van der Waals surface area contributed by atoms with Gasteiger partial charge in [-0.25, -0.2) is 0 Å². The molecule has 0 aromatic carbocycles. The van der Waals surface area contributed by atoms with Crippen molar-refractivity contribution in [1.82, 2.24) is 4.90 Å². The second-order valence-corrected chi connectivity index (χ2v) is 6.07. The van der Waals surface area contributed by atoms with Crippen LogP contribution in [-0.2, 0) is 14.3 Å². The molecule has 0 aliphatic carbocycles. The van der Waals surface area contributed by atoms with E-state index >= 15 is 0 Å². The smallest absolute Gasteiger partial charge is 0.318 e. The van der Waals surface area contributed by atoms with Crippen LogP contribution >= 0.6 is 0 Å². The van der Waals surface area contributed by atoms with Crippen molar-refractivity contribution in [3.8, 4) is 0 Å². The van der Waals surface area contributed by atoms with Crippen LogP contribution in [-0.4, -0.2) is 43.4 Å². The zero-order chi connectivity index (χ0) is 13.9. The fourth-order valence-corrected chi connectivity index (χ4v) is 2.32. The van der Waals surface area contributed by atoms with E-state index in [1.807, 2.05) is 0 Å². The quantitative estimate of drug-likeness (QED) is 0.554. The van der Waals surface area contributed by atoms with E-state index in [4.69, 9.17) is 0 Å². The first-order chi connectivity index (χ1) is 8.28. The maximum absolute atomic E-state index is 12.2. The summed E-state index contributed by atoms with van der Waals surface area (Å²) in [6, 6.07) is 0. The minimum absolute atomic E-state index is 0.0567. The highest BCUT2D eigenvalue weighted by Gasteiger charge is 2.38. The molecule has 0 N–H and O–H groups in total. The van der Waals surface area contributed by atoms with E-state index in [9.17, 15) is 9.59 Å². The van der Waals surface area contributed by atoms with Gasteiger partial charge in [0, 0.05) is 6.54 Å². The summed E-state index contributed by atoms with van der Waals surface area (Å²) in [5.74, 6) is 0.809. The van der Waals surface area contributed by atoms with E-state index < -0.39 is 11.4 Å². The van der Waals surface area contributed by atoms with Crippen LogP contribution in [0.3, 0.4) is 0 Å². The van der Waals surface area contributed by atoms with Crippen molar-refractivity contribution >= 4 is 11.8 Å². The molecule has 1 rings (SSSR count). The zero-order valence-corrected chi connectivity index (χ0v) is 12.2. The summed E-state index contributed by atoms with van der Waals surface area (Å²) < 4.78 is 4.68. The number of likely N-dealkylation sites (tertiary alicyclic amines) is 1. The molecule has 18 heavy (non-hydrogen) atoms. The molecule has 0 amide bonds. The lowest BCUT2D eigenvalue weighted by molar-refractivity contribution is -0.156. The average molecular weight is 255 g/mol. The van der Waals surface area contributed by atoms with Crippen molar-refractivity contribution in [2.45, 2.75) is 34.1 Å². The van der Waals surface area contributed by atoms with Gasteiger partial charge in [0.25, 0.3) is 0 Å². The Hall–Kier alpha value is -0.900. The Morgan fingerprint density at radius 2 is 2.00 bits per heavy atom. The van der Waals surface area contributed by atoms with Gasteiger partial charge in [0.2, 0.25) is 0 Å². The number of carbonyl (C=O) groups excluding carboxylic acids is 2. The minimum Gasteiger partial charge on any atom is -0.468 e. The number of carbonyl (C=O) groups is 2. The van der Waals surface area contributed by atoms with E-state index in [0.29, 0.717) is 18.4 Å². The Morgan fingerprint density at radius 1 is 1.39 bits per heavy atom.